The fourth-order valence-electron chi connectivity index (χ4n) is 4.19. The van der Waals surface area contributed by atoms with E-state index in [1.165, 1.54) is 0 Å². The predicted octanol–water partition coefficient (Wildman–Crippen LogP) is 2.85. The maximum atomic E-state index is 13.0. The van der Waals surface area contributed by atoms with Gasteiger partial charge in [-0.25, -0.2) is 0 Å². The first kappa shape index (κ1) is 17.8. The average molecular weight is 394 g/mol. The van der Waals surface area contributed by atoms with Gasteiger partial charge in [0.05, 0.1) is 25.0 Å². The molecule has 2 fully saturated rings. The standard InChI is InChI=1S/C21H22N4O4/c1-28-17-5-2-4-14-10-18(29-20(14)17)21(27)23-9-7-15(12-23)25-13-16(11-22-25)24-8-3-6-19(24)26/h2,4-5,10-11,13,15H,3,6-9,12H2,1H3. The van der Waals surface area contributed by atoms with Gasteiger partial charge in [-0.15, -0.1) is 0 Å². The van der Waals surface area contributed by atoms with Gasteiger partial charge in [0.25, 0.3) is 5.91 Å². The van der Waals surface area contributed by atoms with E-state index in [-0.39, 0.29) is 17.9 Å². The number of likely N-dealkylation sites (tertiary alicyclic amines) is 1. The van der Waals surface area contributed by atoms with Crippen molar-refractivity contribution in [3.8, 4) is 5.75 Å². The Balaban J connectivity index is 1.31. The molecular weight excluding hydrogens is 372 g/mol. The molecule has 0 saturated carbocycles. The lowest BCUT2D eigenvalue weighted by atomic mass is 10.2. The Hall–Kier alpha value is -3.29. The van der Waals surface area contributed by atoms with Crippen LogP contribution in [-0.2, 0) is 4.79 Å². The van der Waals surface area contributed by atoms with Gasteiger partial charge < -0.3 is 19.0 Å². The van der Waals surface area contributed by atoms with Gasteiger partial charge in [-0.1, -0.05) is 12.1 Å². The molecule has 29 heavy (non-hydrogen) atoms. The molecule has 4 heterocycles. The van der Waals surface area contributed by atoms with Gasteiger partial charge in [0.2, 0.25) is 5.91 Å². The summed E-state index contributed by atoms with van der Waals surface area (Å²) in [5, 5.41) is 5.29. The molecule has 3 aromatic rings. The smallest absolute Gasteiger partial charge is 0.289 e. The molecule has 0 bridgehead atoms. The van der Waals surface area contributed by atoms with Gasteiger partial charge in [-0.2, -0.15) is 5.10 Å². The van der Waals surface area contributed by atoms with Crippen molar-refractivity contribution in [1.29, 1.82) is 0 Å². The number of carbonyl (C=O) groups is 2. The number of nitrogens with zero attached hydrogens (tertiary/aromatic N) is 4. The number of hydrogen-bond acceptors (Lipinski definition) is 5. The largest absolute Gasteiger partial charge is 0.493 e. The zero-order chi connectivity index (χ0) is 20.0. The number of furan rings is 1. The fourth-order valence-corrected chi connectivity index (χ4v) is 4.19. The molecule has 2 aromatic heterocycles. The summed E-state index contributed by atoms with van der Waals surface area (Å²) in [6, 6.07) is 7.43. The van der Waals surface area contributed by atoms with Crippen molar-refractivity contribution in [1.82, 2.24) is 14.7 Å². The lowest BCUT2D eigenvalue weighted by molar-refractivity contribution is -0.117. The summed E-state index contributed by atoms with van der Waals surface area (Å²) in [5.74, 6) is 0.941. The molecule has 1 aromatic carbocycles. The second-order valence-corrected chi connectivity index (χ2v) is 7.51. The third-order valence-corrected chi connectivity index (χ3v) is 5.74. The van der Waals surface area contributed by atoms with E-state index >= 15 is 0 Å². The second-order valence-electron chi connectivity index (χ2n) is 7.51. The molecule has 150 valence electrons. The Morgan fingerprint density at radius 1 is 1.31 bits per heavy atom. The Morgan fingerprint density at radius 3 is 3.00 bits per heavy atom. The van der Waals surface area contributed by atoms with Crippen LogP contribution < -0.4 is 9.64 Å². The molecule has 0 aliphatic carbocycles. The Labute approximate surface area is 167 Å². The van der Waals surface area contributed by atoms with Crippen LogP contribution in [0.3, 0.4) is 0 Å². The number of hydrogen-bond donors (Lipinski definition) is 0. The Kier molecular flexibility index (Phi) is 4.26. The summed E-state index contributed by atoms with van der Waals surface area (Å²) in [6.45, 7) is 1.94. The van der Waals surface area contributed by atoms with Crippen molar-refractivity contribution in [3.63, 3.8) is 0 Å². The van der Waals surface area contributed by atoms with E-state index < -0.39 is 0 Å². The van der Waals surface area contributed by atoms with E-state index in [2.05, 4.69) is 5.10 Å². The van der Waals surface area contributed by atoms with Crippen LogP contribution in [0.4, 0.5) is 5.69 Å². The number of amides is 2. The maximum Gasteiger partial charge on any atom is 0.289 e. The van der Waals surface area contributed by atoms with Gasteiger partial charge in [0, 0.05) is 37.6 Å². The first-order chi connectivity index (χ1) is 14.1. The third-order valence-electron chi connectivity index (χ3n) is 5.74. The molecule has 1 unspecified atom stereocenters. The monoisotopic (exact) mass is 394 g/mol. The van der Waals surface area contributed by atoms with Gasteiger partial charge >= 0.3 is 0 Å². The second kappa shape index (κ2) is 6.95. The van der Waals surface area contributed by atoms with E-state index in [9.17, 15) is 9.59 Å². The summed E-state index contributed by atoms with van der Waals surface area (Å²) in [4.78, 5) is 28.5. The molecular formula is C21H22N4O4. The number of ether oxygens (including phenoxy) is 1. The maximum absolute atomic E-state index is 13.0. The number of rotatable bonds is 4. The number of methoxy groups -OCH3 is 1. The summed E-state index contributed by atoms with van der Waals surface area (Å²) in [5.41, 5.74) is 1.42. The lowest BCUT2D eigenvalue weighted by Gasteiger charge is -2.15. The van der Waals surface area contributed by atoms with E-state index in [1.54, 1.807) is 29.2 Å². The number of carbonyl (C=O) groups excluding carboxylic acids is 2. The van der Waals surface area contributed by atoms with Crippen LogP contribution in [-0.4, -0.2) is 53.2 Å². The first-order valence-electron chi connectivity index (χ1n) is 9.84. The van der Waals surface area contributed by atoms with Gasteiger partial charge in [-0.3, -0.25) is 14.3 Å². The minimum Gasteiger partial charge on any atom is -0.493 e. The Bertz CT molecular complexity index is 1090. The highest BCUT2D eigenvalue weighted by Gasteiger charge is 2.31. The highest BCUT2D eigenvalue weighted by Crippen LogP contribution is 2.31. The van der Waals surface area contributed by atoms with Crippen LogP contribution >= 0.6 is 0 Å². The zero-order valence-electron chi connectivity index (χ0n) is 16.2. The predicted molar refractivity (Wildman–Crippen MR) is 106 cm³/mol. The van der Waals surface area contributed by atoms with Crippen LogP contribution in [0.25, 0.3) is 11.0 Å². The van der Waals surface area contributed by atoms with Crippen molar-refractivity contribution in [2.24, 2.45) is 0 Å². The van der Waals surface area contributed by atoms with Crippen LogP contribution in [0.5, 0.6) is 5.75 Å². The van der Waals surface area contributed by atoms with Gasteiger partial charge in [0.15, 0.2) is 17.1 Å². The molecule has 0 N–H and O–H groups in total. The number of para-hydroxylation sites is 1. The van der Waals surface area contributed by atoms with Crippen molar-refractivity contribution in [3.05, 3.63) is 42.4 Å². The van der Waals surface area contributed by atoms with Crippen molar-refractivity contribution < 1.29 is 18.7 Å². The fraction of sp³-hybridized carbons (Fsp3) is 0.381. The minimum atomic E-state index is -0.132. The van der Waals surface area contributed by atoms with Crippen molar-refractivity contribution >= 4 is 28.5 Å². The molecule has 8 heteroatoms. The quantitative estimate of drug-likeness (QED) is 0.680. The van der Waals surface area contributed by atoms with Gasteiger partial charge in [0.1, 0.15) is 0 Å². The van der Waals surface area contributed by atoms with E-state index in [1.807, 2.05) is 29.1 Å². The van der Waals surface area contributed by atoms with Crippen molar-refractivity contribution in [2.45, 2.75) is 25.3 Å². The molecule has 1 atom stereocenters. The zero-order valence-corrected chi connectivity index (χ0v) is 16.2. The molecule has 2 saturated heterocycles. The average Bonchev–Trinajstić information content (AvgIpc) is 3.51. The van der Waals surface area contributed by atoms with E-state index in [4.69, 9.17) is 9.15 Å². The number of fused-ring (bicyclic) bond motifs is 1. The van der Waals surface area contributed by atoms with E-state index in [0.717, 1.165) is 30.5 Å². The van der Waals surface area contributed by atoms with Crippen molar-refractivity contribution in [2.75, 3.05) is 31.6 Å². The Morgan fingerprint density at radius 2 is 2.21 bits per heavy atom. The van der Waals surface area contributed by atoms with E-state index in [0.29, 0.717) is 36.6 Å². The summed E-state index contributed by atoms with van der Waals surface area (Å²) in [6.07, 6.45) is 5.94. The molecule has 0 radical (unpaired) electrons. The number of anilines is 1. The van der Waals surface area contributed by atoms with Gasteiger partial charge in [-0.05, 0) is 25.0 Å². The van der Waals surface area contributed by atoms with Crippen LogP contribution in [0.1, 0.15) is 35.9 Å². The third kappa shape index (κ3) is 3.04. The minimum absolute atomic E-state index is 0.0873. The molecule has 8 nitrogen and oxygen atoms in total. The lowest BCUT2D eigenvalue weighted by Crippen LogP contribution is -2.28. The topological polar surface area (TPSA) is 80.8 Å². The molecule has 2 amide bonds. The summed E-state index contributed by atoms with van der Waals surface area (Å²) in [7, 11) is 1.58. The van der Waals surface area contributed by atoms with Crippen LogP contribution in [0.2, 0.25) is 0 Å². The molecule has 2 aliphatic heterocycles. The highest BCUT2D eigenvalue weighted by atomic mass is 16.5. The number of aromatic nitrogens is 2. The summed E-state index contributed by atoms with van der Waals surface area (Å²) >= 11 is 0. The SMILES string of the molecule is COc1cccc2cc(C(=O)N3CCC(n4cc(N5CCCC5=O)cn4)C3)oc12. The van der Waals surface area contributed by atoms with Crippen LogP contribution in [0, 0.1) is 0 Å². The normalized spacial score (nSPS) is 19.5. The molecule has 5 rings (SSSR count). The summed E-state index contributed by atoms with van der Waals surface area (Å²) < 4.78 is 13.0. The highest BCUT2D eigenvalue weighted by molar-refractivity contribution is 5.97. The molecule has 2 aliphatic rings. The molecule has 0 spiro atoms. The first-order valence-corrected chi connectivity index (χ1v) is 9.84. The van der Waals surface area contributed by atoms with Crippen LogP contribution in [0.15, 0.2) is 41.1 Å². The number of benzene rings is 1.